The van der Waals surface area contributed by atoms with Gasteiger partial charge in [0.25, 0.3) is 11.1 Å². The second-order valence-corrected chi connectivity index (χ2v) is 7.59. The summed E-state index contributed by atoms with van der Waals surface area (Å²) in [5, 5.41) is -0.283. The van der Waals surface area contributed by atoms with Gasteiger partial charge >= 0.3 is 0 Å². The van der Waals surface area contributed by atoms with Crippen LogP contribution in [0.5, 0.6) is 11.5 Å². The number of carbonyl (C=O) groups excluding carboxylic acids is 2. The zero-order valence-electron chi connectivity index (χ0n) is 17.5. The number of methoxy groups -OCH3 is 1. The number of rotatable bonds is 9. The number of hydrogen-bond donors (Lipinski definition) is 0. The van der Waals surface area contributed by atoms with Crippen molar-refractivity contribution in [1.82, 2.24) is 4.90 Å². The Labute approximate surface area is 181 Å². The third-order valence-corrected chi connectivity index (χ3v) is 5.74. The fourth-order valence-corrected chi connectivity index (χ4v) is 4.06. The molecule has 0 aromatic heterocycles. The molecule has 0 unspecified atom stereocenters. The van der Waals surface area contributed by atoms with Crippen LogP contribution in [0.25, 0.3) is 6.08 Å². The van der Waals surface area contributed by atoms with Gasteiger partial charge in [0.05, 0.1) is 18.6 Å². The summed E-state index contributed by atoms with van der Waals surface area (Å²) in [4.78, 5) is 28.9. The molecule has 1 aliphatic heterocycles. The average Bonchev–Trinajstić information content (AvgIpc) is 3.03. The summed E-state index contributed by atoms with van der Waals surface area (Å²) >= 11 is 0.958. The Hall–Kier alpha value is -2.93. The molecule has 0 N–H and O–H groups in total. The minimum absolute atomic E-state index is 0.182. The van der Waals surface area contributed by atoms with Crippen molar-refractivity contribution in [3.05, 3.63) is 59.0 Å². The minimum atomic E-state index is -0.290. The molecule has 0 atom stereocenters. The summed E-state index contributed by atoms with van der Waals surface area (Å²) < 4.78 is 10.9. The highest BCUT2D eigenvalue weighted by atomic mass is 32.2. The predicted octanol–water partition coefficient (Wildman–Crippen LogP) is 4.66. The smallest absolute Gasteiger partial charge is 0.293 e. The maximum absolute atomic E-state index is 12.7. The van der Waals surface area contributed by atoms with E-state index in [2.05, 4.69) is 18.7 Å². The number of para-hydroxylation sites is 2. The topological polar surface area (TPSA) is 59.1 Å². The Morgan fingerprint density at radius 3 is 2.30 bits per heavy atom. The highest BCUT2D eigenvalue weighted by molar-refractivity contribution is 8.18. The van der Waals surface area contributed by atoms with E-state index < -0.39 is 0 Å². The quantitative estimate of drug-likeness (QED) is 0.544. The lowest BCUT2D eigenvalue weighted by molar-refractivity contribution is -0.123. The van der Waals surface area contributed by atoms with E-state index in [1.54, 1.807) is 25.3 Å². The monoisotopic (exact) mass is 426 g/mol. The number of hydrogen-bond acceptors (Lipinski definition) is 6. The van der Waals surface area contributed by atoms with Gasteiger partial charge in [-0.3, -0.25) is 14.5 Å². The lowest BCUT2D eigenvalue weighted by atomic mass is 10.1. The Morgan fingerprint density at radius 2 is 1.67 bits per heavy atom. The van der Waals surface area contributed by atoms with E-state index in [0.717, 1.165) is 36.1 Å². The van der Waals surface area contributed by atoms with Crippen LogP contribution in [0.4, 0.5) is 10.5 Å². The molecule has 7 heteroatoms. The molecule has 1 fully saturated rings. The Morgan fingerprint density at radius 1 is 1.00 bits per heavy atom. The molecule has 0 saturated carbocycles. The van der Waals surface area contributed by atoms with E-state index >= 15 is 0 Å². The SMILES string of the molecule is CCN(CC)c1ccc(/C=C2\SC(=O)N(CCOc3ccccc3OC)C2=O)cc1. The van der Waals surface area contributed by atoms with E-state index in [9.17, 15) is 9.59 Å². The second kappa shape index (κ2) is 10.2. The number of nitrogens with zero attached hydrogens (tertiary/aromatic N) is 2. The van der Waals surface area contributed by atoms with Gasteiger partial charge in [0, 0.05) is 18.8 Å². The number of thioether (sulfide) groups is 1. The molecule has 30 heavy (non-hydrogen) atoms. The van der Waals surface area contributed by atoms with Crippen molar-refractivity contribution in [3.63, 3.8) is 0 Å². The lowest BCUT2D eigenvalue weighted by Gasteiger charge is -2.20. The Kier molecular flexibility index (Phi) is 7.41. The largest absolute Gasteiger partial charge is 0.493 e. The van der Waals surface area contributed by atoms with Crippen LogP contribution in [0, 0.1) is 0 Å². The highest BCUT2D eigenvalue weighted by Crippen LogP contribution is 2.32. The third-order valence-electron chi connectivity index (χ3n) is 4.83. The number of benzene rings is 2. The van der Waals surface area contributed by atoms with E-state index in [1.807, 2.05) is 36.4 Å². The van der Waals surface area contributed by atoms with Gasteiger partial charge < -0.3 is 14.4 Å². The fraction of sp³-hybridized carbons (Fsp3) is 0.304. The van der Waals surface area contributed by atoms with Crippen LogP contribution in [0.3, 0.4) is 0 Å². The molecule has 1 heterocycles. The molecule has 1 aliphatic rings. The van der Waals surface area contributed by atoms with E-state index in [1.165, 1.54) is 4.90 Å². The fourth-order valence-electron chi connectivity index (χ4n) is 3.20. The van der Waals surface area contributed by atoms with Crippen molar-refractivity contribution in [2.75, 3.05) is 38.3 Å². The van der Waals surface area contributed by atoms with Crippen molar-refractivity contribution < 1.29 is 19.1 Å². The molecule has 0 radical (unpaired) electrons. The first-order valence-corrected chi connectivity index (χ1v) is 10.7. The maximum atomic E-state index is 12.7. The first-order valence-electron chi connectivity index (χ1n) is 9.93. The molecule has 158 valence electrons. The highest BCUT2D eigenvalue weighted by Gasteiger charge is 2.34. The van der Waals surface area contributed by atoms with Crippen molar-refractivity contribution in [2.45, 2.75) is 13.8 Å². The first kappa shape index (κ1) is 21.8. The van der Waals surface area contributed by atoms with Crippen LogP contribution in [0.2, 0.25) is 0 Å². The number of carbonyl (C=O) groups is 2. The summed E-state index contributed by atoms with van der Waals surface area (Å²) in [6.07, 6.45) is 1.76. The number of imide groups is 1. The standard InChI is InChI=1S/C23H26N2O4S/c1-4-24(5-2)18-12-10-17(11-13-18)16-21-22(26)25(23(27)30-21)14-15-29-20-9-7-6-8-19(20)28-3/h6-13,16H,4-5,14-15H2,1-3H3/b21-16-. The number of anilines is 1. The van der Waals surface area contributed by atoms with Crippen molar-refractivity contribution in [1.29, 1.82) is 0 Å². The van der Waals surface area contributed by atoms with Gasteiger partial charge in [-0.25, -0.2) is 0 Å². The maximum Gasteiger partial charge on any atom is 0.293 e. The normalized spacial score (nSPS) is 15.0. The lowest BCUT2D eigenvalue weighted by Crippen LogP contribution is -2.32. The van der Waals surface area contributed by atoms with Gasteiger partial charge in [-0.1, -0.05) is 24.3 Å². The minimum Gasteiger partial charge on any atom is -0.493 e. The zero-order valence-corrected chi connectivity index (χ0v) is 18.3. The first-order chi connectivity index (χ1) is 14.6. The molecule has 1 saturated heterocycles. The van der Waals surface area contributed by atoms with Gasteiger partial charge in [-0.2, -0.15) is 0 Å². The second-order valence-electron chi connectivity index (χ2n) is 6.60. The van der Waals surface area contributed by atoms with Crippen molar-refractivity contribution >= 4 is 34.7 Å². The predicted molar refractivity (Wildman–Crippen MR) is 121 cm³/mol. The number of ether oxygens (including phenoxy) is 2. The van der Waals surface area contributed by atoms with Gasteiger partial charge in [-0.15, -0.1) is 0 Å². The van der Waals surface area contributed by atoms with E-state index in [4.69, 9.17) is 9.47 Å². The molecule has 2 aromatic carbocycles. The molecular weight excluding hydrogens is 400 g/mol. The van der Waals surface area contributed by atoms with Crippen LogP contribution >= 0.6 is 11.8 Å². The van der Waals surface area contributed by atoms with Crippen LogP contribution in [0.15, 0.2) is 53.4 Å². The Bertz CT molecular complexity index is 923. The molecule has 6 nitrogen and oxygen atoms in total. The van der Waals surface area contributed by atoms with Gasteiger partial charge in [0.1, 0.15) is 6.61 Å². The summed E-state index contributed by atoms with van der Waals surface area (Å²) in [5.74, 6) is 0.900. The van der Waals surface area contributed by atoms with E-state index in [0.29, 0.717) is 16.4 Å². The van der Waals surface area contributed by atoms with Crippen LogP contribution in [-0.4, -0.2) is 49.4 Å². The number of amides is 2. The summed E-state index contributed by atoms with van der Waals surface area (Å²) in [7, 11) is 1.57. The summed E-state index contributed by atoms with van der Waals surface area (Å²) in [5.41, 5.74) is 2.03. The van der Waals surface area contributed by atoms with Crippen LogP contribution in [0.1, 0.15) is 19.4 Å². The summed E-state index contributed by atoms with van der Waals surface area (Å²) in [6.45, 7) is 6.48. The van der Waals surface area contributed by atoms with Gasteiger partial charge in [-0.05, 0) is 61.5 Å². The zero-order chi connectivity index (χ0) is 21.5. The molecule has 2 aromatic rings. The van der Waals surface area contributed by atoms with E-state index in [-0.39, 0.29) is 24.3 Å². The summed E-state index contributed by atoms with van der Waals surface area (Å²) in [6, 6.07) is 15.3. The molecule has 0 spiro atoms. The molecule has 3 rings (SSSR count). The Balaban J connectivity index is 1.62. The average molecular weight is 427 g/mol. The third kappa shape index (κ3) is 4.97. The molecule has 0 aliphatic carbocycles. The van der Waals surface area contributed by atoms with Crippen LogP contribution in [-0.2, 0) is 4.79 Å². The molecular formula is C23H26N2O4S. The van der Waals surface area contributed by atoms with Crippen molar-refractivity contribution in [2.24, 2.45) is 0 Å². The van der Waals surface area contributed by atoms with Crippen molar-refractivity contribution in [3.8, 4) is 11.5 Å². The molecule has 2 amide bonds. The van der Waals surface area contributed by atoms with Crippen LogP contribution < -0.4 is 14.4 Å². The van der Waals surface area contributed by atoms with Gasteiger partial charge in [0.15, 0.2) is 11.5 Å². The molecule has 0 bridgehead atoms. The van der Waals surface area contributed by atoms with Gasteiger partial charge in [0.2, 0.25) is 0 Å².